The van der Waals surface area contributed by atoms with E-state index < -0.39 is 0 Å². The summed E-state index contributed by atoms with van der Waals surface area (Å²) in [5.74, 6) is 1.05. The first kappa shape index (κ1) is 22.4. The number of nitrogens with one attached hydrogen (secondary N) is 2. The summed E-state index contributed by atoms with van der Waals surface area (Å²) < 4.78 is 0.809. The topological polar surface area (TPSA) is 92.5 Å². The zero-order chi connectivity index (χ0) is 23.3. The van der Waals surface area contributed by atoms with E-state index >= 15 is 0 Å². The van der Waals surface area contributed by atoms with Crippen LogP contribution in [0.4, 0.5) is 16.5 Å². The Morgan fingerprint density at radius 2 is 1.94 bits per heavy atom. The molecule has 3 aromatic carbocycles. The molecular formula is C25H23N5O2S2. The lowest BCUT2D eigenvalue weighted by atomic mass is 10.1. The van der Waals surface area contributed by atoms with Gasteiger partial charge in [-0.1, -0.05) is 65.6 Å². The van der Waals surface area contributed by atoms with Gasteiger partial charge in [0.2, 0.25) is 0 Å². The molecule has 1 aliphatic heterocycles. The normalized spacial score (nSPS) is 16.9. The lowest BCUT2D eigenvalue weighted by molar-refractivity contribution is -0.384. The molecule has 34 heavy (non-hydrogen) atoms. The van der Waals surface area contributed by atoms with Crippen LogP contribution < -0.4 is 10.6 Å². The third-order valence-electron chi connectivity index (χ3n) is 5.58. The van der Waals surface area contributed by atoms with Gasteiger partial charge >= 0.3 is 0 Å². The van der Waals surface area contributed by atoms with Gasteiger partial charge in [-0.05, 0) is 42.2 Å². The molecule has 0 spiro atoms. The Kier molecular flexibility index (Phi) is 6.73. The molecule has 1 saturated heterocycles. The number of hydrogen-bond acceptors (Lipinski definition) is 7. The first-order valence-electron chi connectivity index (χ1n) is 11.0. The number of aliphatic imine (C=N–C) groups is 1. The van der Waals surface area contributed by atoms with Gasteiger partial charge in [-0.3, -0.25) is 10.1 Å². The summed E-state index contributed by atoms with van der Waals surface area (Å²) in [5.41, 5.74) is 4.30. The van der Waals surface area contributed by atoms with E-state index in [1.165, 1.54) is 28.5 Å². The van der Waals surface area contributed by atoms with Crippen LogP contribution >= 0.6 is 23.1 Å². The number of rotatable bonds is 7. The summed E-state index contributed by atoms with van der Waals surface area (Å²) in [7, 11) is 0. The smallest absolute Gasteiger partial charge is 0.270 e. The maximum absolute atomic E-state index is 11.0. The predicted octanol–water partition coefficient (Wildman–Crippen LogP) is 6.31. The van der Waals surface area contributed by atoms with Crippen molar-refractivity contribution in [3.63, 3.8) is 0 Å². The van der Waals surface area contributed by atoms with E-state index in [-0.39, 0.29) is 10.6 Å². The molecule has 0 bridgehead atoms. The summed E-state index contributed by atoms with van der Waals surface area (Å²) in [6.07, 6.45) is 1.93. The van der Waals surface area contributed by atoms with Crippen molar-refractivity contribution in [2.75, 3.05) is 17.6 Å². The highest BCUT2D eigenvalue weighted by molar-refractivity contribution is 8.13. The van der Waals surface area contributed by atoms with Gasteiger partial charge in [-0.15, -0.1) is 0 Å². The number of anilines is 1. The molecule has 0 aliphatic carbocycles. The molecule has 1 atom stereocenters. The number of thiazole rings is 1. The van der Waals surface area contributed by atoms with Gasteiger partial charge in [-0.2, -0.15) is 0 Å². The minimum absolute atomic E-state index is 0.0868. The second-order valence-electron chi connectivity index (χ2n) is 7.93. The molecule has 7 nitrogen and oxygen atoms in total. The van der Waals surface area contributed by atoms with Gasteiger partial charge in [0.1, 0.15) is 0 Å². The van der Waals surface area contributed by atoms with Crippen LogP contribution in [0.15, 0.2) is 77.8 Å². The lowest BCUT2D eigenvalue weighted by Crippen LogP contribution is -2.31. The number of amidine groups is 1. The Hall–Kier alpha value is -3.43. The highest BCUT2D eigenvalue weighted by atomic mass is 32.2. The van der Waals surface area contributed by atoms with Crippen molar-refractivity contribution in [1.82, 2.24) is 10.3 Å². The van der Waals surface area contributed by atoms with Gasteiger partial charge in [0.25, 0.3) is 5.69 Å². The van der Waals surface area contributed by atoms with Crippen LogP contribution in [0.2, 0.25) is 0 Å². The van der Waals surface area contributed by atoms with Gasteiger partial charge in [0.15, 0.2) is 10.3 Å². The number of fused-ring (bicyclic) bond motifs is 1. The number of aromatic nitrogens is 1. The Balaban J connectivity index is 1.16. The molecule has 1 unspecified atom stereocenters. The highest BCUT2D eigenvalue weighted by Gasteiger charge is 2.19. The minimum atomic E-state index is -0.384. The zero-order valence-corrected chi connectivity index (χ0v) is 19.9. The average molecular weight is 490 g/mol. The molecule has 1 fully saturated rings. The average Bonchev–Trinajstić information content (AvgIpc) is 3.28. The molecule has 9 heteroatoms. The van der Waals surface area contributed by atoms with E-state index in [0.29, 0.717) is 6.04 Å². The van der Waals surface area contributed by atoms with Crippen molar-refractivity contribution in [3.05, 3.63) is 94.0 Å². The van der Waals surface area contributed by atoms with Crippen LogP contribution in [-0.4, -0.2) is 27.4 Å². The quantitative estimate of drug-likeness (QED) is 0.233. The maximum Gasteiger partial charge on any atom is 0.270 e. The number of nitrogens with zero attached hydrogens (tertiary/aromatic N) is 3. The van der Waals surface area contributed by atoms with Crippen molar-refractivity contribution in [1.29, 1.82) is 0 Å². The lowest BCUT2D eigenvalue weighted by Gasteiger charge is -2.25. The van der Waals surface area contributed by atoms with Crippen LogP contribution in [0.3, 0.4) is 0 Å². The summed E-state index contributed by atoms with van der Waals surface area (Å²) in [6, 6.07) is 23.9. The fourth-order valence-corrected chi connectivity index (χ4v) is 5.67. The summed E-state index contributed by atoms with van der Waals surface area (Å²) in [5, 5.41) is 19.6. The molecular weight excluding hydrogens is 466 g/mol. The van der Waals surface area contributed by atoms with E-state index in [1.807, 2.05) is 18.2 Å². The van der Waals surface area contributed by atoms with Crippen molar-refractivity contribution >= 4 is 55.0 Å². The van der Waals surface area contributed by atoms with Crippen molar-refractivity contribution in [2.24, 2.45) is 4.99 Å². The van der Waals surface area contributed by atoms with Crippen LogP contribution in [0.5, 0.6) is 0 Å². The first-order valence-corrected chi connectivity index (χ1v) is 12.8. The van der Waals surface area contributed by atoms with Crippen molar-refractivity contribution in [2.45, 2.75) is 18.9 Å². The van der Waals surface area contributed by atoms with Gasteiger partial charge < -0.3 is 10.6 Å². The molecule has 0 radical (unpaired) electrons. The van der Waals surface area contributed by atoms with E-state index in [2.05, 4.69) is 52.0 Å². The van der Waals surface area contributed by atoms with Crippen molar-refractivity contribution in [3.8, 4) is 0 Å². The number of benzene rings is 3. The number of non-ortho nitro benzene ring substituents is 1. The third kappa shape index (κ3) is 5.37. The second-order valence-corrected chi connectivity index (χ2v) is 10.0. The van der Waals surface area contributed by atoms with Crippen LogP contribution in [0, 0.1) is 10.1 Å². The molecule has 1 aliphatic rings. The highest BCUT2D eigenvalue weighted by Crippen LogP contribution is 2.29. The fraction of sp³-hybridized carbons (Fsp3) is 0.200. The molecule has 4 aromatic rings. The van der Waals surface area contributed by atoms with Gasteiger partial charge in [-0.25, -0.2) is 9.98 Å². The monoisotopic (exact) mass is 489 g/mol. The number of hydrogen-bond donors (Lipinski definition) is 2. The summed E-state index contributed by atoms with van der Waals surface area (Å²) >= 11 is 3.19. The molecule has 172 valence electrons. The van der Waals surface area contributed by atoms with Gasteiger partial charge in [0.05, 0.1) is 26.9 Å². The van der Waals surface area contributed by atoms with Crippen LogP contribution in [0.25, 0.3) is 10.2 Å². The van der Waals surface area contributed by atoms with E-state index in [1.54, 1.807) is 23.9 Å². The molecule has 1 aromatic heterocycles. The van der Waals surface area contributed by atoms with Crippen molar-refractivity contribution < 1.29 is 4.92 Å². The van der Waals surface area contributed by atoms with Crippen LogP contribution in [-0.2, 0) is 6.42 Å². The predicted molar refractivity (Wildman–Crippen MR) is 141 cm³/mol. The number of thioether (sulfide) groups is 1. The van der Waals surface area contributed by atoms with E-state index in [0.717, 1.165) is 51.3 Å². The van der Waals surface area contributed by atoms with E-state index in [9.17, 15) is 10.1 Å². The van der Waals surface area contributed by atoms with Gasteiger partial charge in [0, 0.05) is 24.4 Å². The Morgan fingerprint density at radius 3 is 2.74 bits per heavy atom. The summed E-state index contributed by atoms with van der Waals surface area (Å²) in [4.78, 5) is 19.9. The zero-order valence-electron chi connectivity index (χ0n) is 18.3. The number of nitro benzene ring substituents is 1. The molecule has 2 N–H and O–H groups in total. The fourth-order valence-electron chi connectivity index (χ4n) is 3.81. The number of nitro groups is 1. The minimum Gasteiger partial charge on any atom is -0.361 e. The standard InChI is InChI=1S/C25H23N5O2S2/c31-30(32)20-10-11-22-23(16-20)34-24(29-22)26-14-12-17-6-8-19(9-7-17)27-25-28-21(13-15-33-25)18-4-2-1-3-5-18/h1-11,16,21H,12-15H2,(H,26,29)(H,27,28). The summed E-state index contributed by atoms with van der Waals surface area (Å²) in [6.45, 7) is 0.728. The second kappa shape index (κ2) is 10.2. The third-order valence-corrected chi connectivity index (χ3v) is 7.48. The SMILES string of the molecule is O=[N+]([O-])c1ccc2nc(NCCc3ccc(/N=C4/NC(c5ccccc5)CCS4)cc3)sc2c1. The molecule has 5 rings (SSSR count). The Bertz CT molecular complexity index is 1320. The largest absolute Gasteiger partial charge is 0.361 e. The first-order chi connectivity index (χ1) is 16.6. The molecule has 0 amide bonds. The Morgan fingerprint density at radius 1 is 1.12 bits per heavy atom. The van der Waals surface area contributed by atoms with E-state index in [4.69, 9.17) is 4.99 Å². The van der Waals surface area contributed by atoms with Crippen LogP contribution in [0.1, 0.15) is 23.6 Å². The Labute approximate surface area is 205 Å². The molecule has 2 heterocycles. The molecule has 0 saturated carbocycles. The maximum atomic E-state index is 11.0.